The number of hydrogen-bond donors (Lipinski definition) is 0. The van der Waals surface area contributed by atoms with Gasteiger partial charge in [0.2, 0.25) is 5.75 Å². The molecule has 214 valence electrons. The van der Waals surface area contributed by atoms with Crippen molar-refractivity contribution in [3.8, 4) is 17.2 Å². The van der Waals surface area contributed by atoms with Crippen LogP contribution < -0.4 is 14.2 Å². The van der Waals surface area contributed by atoms with Crippen LogP contribution >= 0.6 is 0 Å². The second-order valence-electron chi connectivity index (χ2n) is 9.88. The van der Waals surface area contributed by atoms with Crippen LogP contribution in [0.1, 0.15) is 53.0 Å². The molecule has 0 aliphatic carbocycles. The molecular formula is C28H40N4O7. The average molecular weight is 545 g/mol. The third kappa shape index (κ3) is 7.86. The van der Waals surface area contributed by atoms with E-state index in [-0.39, 0.29) is 12.1 Å². The first-order chi connectivity index (χ1) is 19.0. The normalized spacial score (nSPS) is 23.3. The summed E-state index contributed by atoms with van der Waals surface area (Å²) in [6.07, 6.45) is 5.15. The van der Waals surface area contributed by atoms with Crippen molar-refractivity contribution in [3.63, 3.8) is 0 Å². The Balaban J connectivity index is 1.51. The lowest BCUT2D eigenvalue weighted by molar-refractivity contribution is 0.0209. The van der Waals surface area contributed by atoms with Crippen LogP contribution in [0.2, 0.25) is 0 Å². The third-order valence-electron chi connectivity index (χ3n) is 7.21. The summed E-state index contributed by atoms with van der Waals surface area (Å²) in [4.78, 5) is 30.5. The molecule has 0 amide bonds. The number of fused-ring (bicyclic) bond motifs is 5. The van der Waals surface area contributed by atoms with Gasteiger partial charge in [-0.3, -0.25) is 4.68 Å². The quantitative estimate of drug-likeness (QED) is 0.534. The van der Waals surface area contributed by atoms with Crippen LogP contribution in [0.25, 0.3) is 0 Å². The molecule has 1 aromatic heterocycles. The Labute approximate surface area is 229 Å². The number of esters is 2. The molecule has 1 aromatic carbocycles. The van der Waals surface area contributed by atoms with E-state index >= 15 is 0 Å². The molecule has 0 radical (unpaired) electrons. The summed E-state index contributed by atoms with van der Waals surface area (Å²) in [5, 5.41) is 4.09. The van der Waals surface area contributed by atoms with E-state index in [9.17, 15) is 9.59 Å². The van der Waals surface area contributed by atoms with E-state index in [1.54, 1.807) is 31.4 Å². The van der Waals surface area contributed by atoms with Crippen LogP contribution in [0.4, 0.5) is 0 Å². The monoisotopic (exact) mass is 544 g/mol. The van der Waals surface area contributed by atoms with Gasteiger partial charge in [0.25, 0.3) is 0 Å². The highest BCUT2D eigenvalue weighted by atomic mass is 16.5. The fourth-order valence-electron chi connectivity index (χ4n) is 5.03. The minimum Gasteiger partial charge on any atom is -0.493 e. The maximum absolute atomic E-state index is 12.9. The molecular weight excluding hydrogens is 504 g/mol. The Morgan fingerprint density at radius 3 is 2.38 bits per heavy atom. The molecule has 2 aliphatic rings. The minimum atomic E-state index is -0.428. The molecule has 0 saturated carbocycles. The number of cyclic esters (lactones) is 1. The maximum Gasteiger partial charge on any atom is 0.356 e. The molecule has 4 rings (SSSR count). The largest absolute Gasteiger partial charge is 0.493 e. The Morgan fingerprint density at radius 1 is 0.923 bits per heavy atom. The van der Waals surface area contributed by atoms with E-state index in [1.807, 2.05) is 0 Å². The van der Waals surface area contributed by atoms with Crippen LogP contribution in [0.5, 0.6) is 17.2 Å². The molecule has 11 nitrogen and oxygen atoms in total. The highest BCUT2D eigenvalue weighted by molar-refractivity contribution is 5.91. The lowest BCUT2D eigenvalue weighted by atomic mass is 10.1. The van der Waals surface area contributed by atoms with E-state index in [1.165, 1.54) is 18.9 Å². The smallest absolute Gasteiger partial charge is 0.356 e. The molecule has 2 aromatic rings. The van der Waals surface area contributed by atoms with Crippen molar-refractivity contribution in [2.75, 3.05) is 66.7 Å². The van der Waals surface area contributed by atoms with Gasteiger partial charge in [-0.1, -0.05) is 0 Å². The number of benzene rings is 1. The van der Waals surface area contributed by atoms with E-state index < -0.39 is 5.97 Å². The highest BCUT2D eigenvalue weighted by Gasteiger charge is 2.23. The third-order valence-corrected chi connectivity index (χ3v) is 7.21. The second kappa shape index (κ2) is 14.2. The van der Waals surface area contributed by atoms with Crippen molar-refractivity contribution in [2.24, 2.45) is 7.05 Å². The number of hydrogen-bond acceptors (Lipinski definition) is 10. The summed E-state index contributed by atoms with van der Waals surface area (Å²) in [7, 11) is 4.77. The Bertz CT molecular complexity index is 1110. The average Bonchev–Trinajstić information content (AvgIpc) is 3.24. The summed E-state index contributed by atoms with van der Waals surface area (Å²) >= 11 is 0. The van der Waals surface area contributed by atoms with E-state index in [2.05, 4.69) is 14.9 Å². The van der Waals surface area contributed by atoms with Gasteiger partial charge in [-0.15, -0.1) is 0 Å². The van der Waals surface area contributed by atoms with Gasteiger partial charge in [-0.05, 0) is 63.4 Å². The SMILES string of the molecule is COc1cc2cc(c1OC)OCCCC(OC(=O)c1ccnn1C)CCN1CCCN(CCCOC2=O)CC1. The van der Waals surface area contributed by atoms with Crippen molar-refractivity contribution in [2.45, 2.75) is 38.2 Å². The minimum absolute atomic E-state index is 0.268. The van der Waals surface area contributed by atoms with Gasteiger partial charge in [0.15, 0.2) is 11.5 Å². The van der Waals surface area contributed by atoms with Crippen LogP contribution in [-0.2, 0) is 16.5 Å². The van der Waals surface area contributed by atoms with Crippen molar-refractivity contribution in [1.82, 2.24) is 19.6 Å². The van der Waals surface area contributed by atoms with Gasteiger partial charge < -0.3 is 33.5 Å². The fraction of sp³-hybridized carbons (Fsp3) is 0.607. The number of ether oxygens (including phenoxy) is 5. The highest BCUT2D eigenvalue weighted by Crippen LogP contribution is 2.38. The molecule has 4 bridgehead atoms. The van der Waals surface area contributed by atoms with Crippen LogP contribution in [-0.4, -0.2) is 104 Å². The van der Waals surface area contributed by atoms with Gasteiger partial charge in [0, 0.05) is 39.4 Å². The topological polar surface area (TPSA) is 105 Å². The van der Waals surface area contributed by atoms with Crippen molar-refractivity contribution >= 4 is 11.9 Å². The van der Waals surface area contributed by atoms with Crippen LogP contribution in [0.3, 0.4) is 0 Å². The number of carbonyl (C=O) groups excluding carboxylic acids is 2. The van der Waals surface area contributed by atoms with Gasteiger partial charge in [0.05, 0.1) is 33.0 Å². The number of carbonyl (C=O) groups is 2. The van der Waals surface area contributed by atoms with Crippen molar-refractivity contribution in [1.29, 1.82) is 0 Å². The van der Waals surface area contributed by atoms with Gasteiger partial charge in [-0.25, -0.2) is 9.59 Å². The van der Waals surface area contributed by atoms with Crippen molar-refractivity contribution in [3.05, 3.63) is 35.7 Å². The van der Waals surface area contributed by atoms with Crippen LogP contribution in [0, 0.1) is 0 Å². The van der Waals surface area contributed by atoms with E-state index in [0.29, 0.717) is 54.6 Å². The summed E-state index contributed by atoms with van der Waals surface area (Å²) in [6, 6.07) is 4.89. The first kappa shape index (κ1) is 28.7. The van der Waals surface area contributed by atoms with Crippen molar-refractivity contribution < 1.29 is 33.3 Å². The van der Waals surface area contributed by atoms with Gasteiger partial charge in [0.1, 0.15) is 11.8 Å². The molecule has 2 aliphatic heterocycles. The molecule has 11 heteroatoms. The molecule has 3 unspecified atom stereocenters. The molecule has 3 atom stereocenters. The Hall–Kier alpha value is -3.31. The summed E-state index contributed by atoms with van der Waals surface area (Å²) in [5.74, 6) is 0.399. The second-order valence-corrected chi connectivity index (χ2v) is 9.88. The number of rotatable bonds is 4. The van der Waals surface area contributed by atoms with E-state index in [0.717, 1.165) is 58.5 Å². The number of nitrogens with zero attached hydrogens (tertiary/aromatic N) is 4. The molecule has 1 fully saturated rings. The van der Waals surface area contributed by atoms with Gasteiger partial charge >= 0.3 is 11.9 Å². The maximum atomic E-state index is 12.9. The summed E-state index contributed by atoms with van der Waals surface area (Å²) in [5.41, 5.74) is 0.765. The number of aryl methyl sites for hydroxylation is 1. The molecule has 3 heterocycles. The molecule has 1 saturated heterocycles. The fourth-order valence-corrected chi connectivity index (χ4v) is 5.03. The Kier molecular flexibility index (Phi) is 10.4. The standard InChI is InChI=1S/C28H40N4O7/c1-30-23(8-10-29-30)28(34)39-22-7-4-17-37-25-20-21(19-24(35-2)26(25)36-3)27(33)38-18-6-13-31-11-5-12-32(14-9-22)16-15-31/h8,10,19-20,22H,4-7,9,11-18H2,1-3H3. The zero-order valence-electron chi connectivity index (χ0n) is 23.2. The number of methoxy groups -OCH3 is 2. The molecule has 0 spiro atoms. The first-order valence-electron chi connectivity index (χ1n) is 13.7. The lowest BCUT2D eigenvalue weighted by Gasteiger charge is -2.24. The van der Waals surface area contributed by atoms with Crippen LogP contribution in [0.15, 0.2) is 24.4 Å². The Morgan fingerprint density at radius 2 is 1.67 bits per heavy atom. The van der Waals surface area contributed by atoms with E-state index in [4.69, 9.17) is 23.7 Å². The first-order valence-corrected chi connectivity index (χ1v) is 13.7. The predicted molar refractivity (Wildman–Crippen MR) is 144 cm³/mol. The molecule has 0 N–H and O–H groups in total. The zero-order valence-corrected chi connectivity index (χ0v) is 23.2. The summed E-state index contributed by atoms with van der Waals surface area (Å²) < 4.78 is 30.1. The summed E-state index contributed by atoms with van der Waals surface area (Å²) in [6.45, 7) is 6.34. The molecule has 39 heavy (non-hydrogen) atoms. The van der Waals surface area contributed by atoms with Gasteiger partial charge in [-0.2, -0.15) is 5.10 Å². The zero-order chi connectivity index (χ0) is 27.6. The number of aromatic nitrogens is 2. The lowest BCUT2D eigenvalue weighted by Crippen LogP contribution is -2.34. The predicted octanol–water partition coefficient (Wildman–Crippen LogP) is 2.78.